The van der Waals surface area contributed by atoms with Crippen molar-refractivity contribution in [2.24, 2.45) is 0 Å². The highest BCUT2D eigenvalue weighted by atomic mass is 16.6. The molecule has 0 saturated carbocycles. The summed E-state index contributed by atoms with van der Waals surface area (Å²) in [6.07, 6.45) is 47.0. The fourth-order valence-electron chi connectivity index (χ4n) is 4.88. The first-order chi connectivity index (χ1) is 22.6. The topological polar surface area (TPSA) is 72.8 Å². The standard InChI is InChI=1S/C41H70O5/c1-3-5-7-9-11-13-15-17-19-20-22-23-25-27-29-31-33-35-40(43)45-38-39(37-42)46-41(44)36-34-32-30-28-26-24-21-18-16-14-12-10-8-6-4-2/h11-14,17-19,21-23,39,42H,3-10,15-16,20,24-38H2,1-2H3. The molecule has 0 aromatic rings. The molecule has 1 unspecified atom stereocenters. The highest BCUT2D eigenvalue weighted by Gasteiger charge is 2.16. The van der Waals surface area contributed by atoms with Crippen LogP contribution in [0.25, 0.3) is 0 Å². The number of aliphatic hydroxyl groups excluding tert-OH is 1. The Morgan fingerprint density at radius 1 is 0.500 bits per heavy atom. The van der Waals surface area contributed by atoms with Gasteiger partial charge in [-0.25, -0.2) is 0 Å². The van der Waals surface area contributed by atoms with Gasteiger partial charge in [-0.3, -0.25) is 9.59 Å². The molecule has 0 saturated heterocycles. The maximum atomic E-state index is 12.1. The Labute approximate surface area is 283 Å². The summed E-state index contributed by atoms with van der Waals surface area (Å²) in [4.78, 5) is 24.2. The van der Waals surface area contributed by atoms with Crippen molar-refractivity contribution in [1.82, 2.24) is 0 Å². The Morgan fingerprint density at radius 2 is 0.870 bits per heavy atom. The van der Waals surface area contributed by atoms with Crippen molar-refractivity contribution >= 4 is 11.9 Å². The molecule has 46 heavy (non-hydrogen) atoms. The van der Waals surface area contributed by atoms with Gasteiger partial charge in [0.2, 0.25) is 0 Å². The molecule has 0 bridgehead atoms. The summed E-state index contributed by atoms with van der Waals surface area (Å²) in [5.74, 6) is -0.637. The van der Waals surface area contributed by atoms with Crippen LogP contribution in [0.5, 0.6) is 0 Å². The van der Waals surface area contributed by atoms with Crippen LogP contribution in [0.4, 0.5) is 0 Å². The van der Waals surface area contributed by atoms with Crippen LogP contribution in [0, 0.1) is 0 Å². The second-order valence-electron chi connectivity index (χ2n) is 12.3. The zero-order valence-corrected chi connectivity index (χ0v) is 29.8. The monoisotopic (exact) mass is 643 g/mol. The number of hydrogen-bond donors (Lipinski definition) is 1. The van der Waals surface area contributed by atoms with Crippen LogP contribution < -0.4 is 0 Å². The van der Waals surface area contributed by atoms with Crippen molar-refractivity contribution < 1.29 is 24.2 Å². The number of aliphatic hydroxyl groups is 1. The minimum Gasteiger partial charge on any atom is -0.462 e. The van der Waals surface area contributed by atoms with Gasteiger partial charge >= 0.3 is 11.9 Å². The first kappa shape index (κ1) is 43.6. The maximum Gasteiger partial charge on any atom is 0.306 e. The Bertz CT molecular complexity index is 823. The summed E-state index contributed by atoms with van der Waals surface area (Å²) < 4.78 is 10.6. The Hall–Kier alpha value is -2.40. The van der Waals surface area contributed by atoms with Gasteiger partial charge in [0.05, 0.1) is 6.61 Å². The molecule has 0 fully saturated rings. The summed E-state index contributed by atoms with van der Waals surface area (Å²) in [7, 11) is 0. The van der Waals surface area contributed by atoms with Gasteiger partial charge in [0.15, 0.2) is 6.10 Å². The second kappa shape index (κ2) is 37.1. The molecule has 5 heteroatoms. The van der Waals surface area contributed by atoms with Crippen molar-refractivity contribution in [2.45, 2.75) is 174 Å². The summed E-state index contributed by atoms with van der Waals surface area (Å²) in [5.41, 5.74) is 0. The van der Waals surface area contributed by atoms with E-state index in [0.29, 0.717) is 12.8 Å². The SMILES string of the molecule is CCCCCC=CCC=CCC=CCCCCCCC(=O)OCC(CO)OC(=O)CCCCCCCC=CCC=CCCCCC. The van der Waals surface area contributed by atoms with Crippen molar-refractivity contribution in [3.05, 3.63) is 60.8 Å². The van der Waals surface area contributed by atoms with Gasteiger partial charge in [-0.1, -0.05) is 132 Å². The normalized spacial score (nSPS) is 12.8. The lowest BCUT2D eigenvalue weighted by Crippen LogP contribution is -2.28. The molecule has 0 aliphatic heterocycles. The van der Waals surface area contributed by atoms with Crippen LogP contribution >= 0.6 is 0 Å². The lowest BCUT2D eigenvalue weighted by Gasteiger charge is -2.15. The van der Waals surface area contributed by atoms with Gasteiger partial charge in [-0.05, 0) is 83.5 Å². The van der Waals surface area contributed by atoms with Gasteiger partial charge in [0.1, 0.15) is 6.61 Å². The molecule has 1 atom stereocenters. The van der Waals surface area contributed by atoms with E-state index in [2.05, 4.69) is 74.6 Å². The van der Waals surface area contributed by atoms with Crippen LogP contribution in [0.3, 0.4) is 0 Å². The fraction of sp³-hybridized carbons (Fsp3) is 0.707. The lowest BCUT2D eigenvalue weighted by atomic mass is 10.1. The van der Waals surface area contributed by atoms with Crippen molar-refractivity contribution in [3.63, 3.8) is 0 Å². The van der Waals surface area contributed by atoms with E-state index in [-0.39, 0.29) is 25.2 Å². The van der Waals surface area contributed by atoms with Gasteiger partial charge in [-0.2, -0.15) is 0 Å². The van der Waals surface area contributed by atoms with Gasteiger partial charge < -0.3 is 14.6 Å². The molecule has 0 rings (SSSR count). The molecule has 0 amide bonds. The molecule has 0 heterocycles. The van der Waals surface area contributed by atoms with Gasteiger partial charge in [0.25, 0.3) is 0 Å². The number of hydrogen-bond acceptors (Lipinski definition) is 5. The molecule has 1 N–H and O–H groups in total. The third-order valence-corrected chi connectivity index (χ3v) is 7.78. The molecule has 0 radical (unpaired) electrons. The maximum absolute atomic E-state index is 12.1. The number of carbonyl (C=O) groups is 2. The summed E-state index contributed by atoms with van der Waals surface area (Å²) in [5, 5.41) is 9.53. The van der Waals surface area contributed by atoms with Crippen molar-refractivity contribution in [3.8, 4) is 0 Å². The predicted molar refractivity (Wildman–Crippen MR) is 196 cm³/mol. The molecule has 5 nitrogen and oxygen atoms in total. The summed E-state index contributed by atoms with van der Waals surface area (Å²) in [6.45, 7) is 4.03. The molecule has 0 aliphatic rings. The molecule has 0 aromatic carbocycles. The second-order valence-corrected chi connectivity index (χ2v) is 12.3. The van der Waals surface area contributed by atoms with E-state index in [1.165, 1.54) is 57.8 Å². The van der Waals surface area contributed by atoms with Crippen LogP contribution in [-0.4, -0.2) is 36.4 Å². The van der Waals surface area contributed by atoms with E-state index in [0.717, 1.165) is 83.5 Å². The first-order valence-corrected chi connectivity index (χ1v) is 18.8. The average molecular weight is 643 g/mol. The third-order valence-electron chi connectivity index (χ3n) is 7.78. The van der Waals surface area contributed by atoms with E-state index in [4.69, 9.17) is 9.47 Å². The molecule has 0 aromatic heterocycles. The first-order valence-electron chi connectivity index (χ1n) is 18.8. The largest absolute Gasteiger partial charge is 0.462 e. The van der Waals surface area contributed by atoms with Crippen LogP contribution in [0.15, 0.2) is 60.8 Å². The lowest BCUT2D eigenvalue weighted by molar-refractivity contribution is -0.161. The molecular formula is C41H70O5. The summed E-state index contributed by atoms with van der Waals surface area (Å²) in [6, 6.07) is 0. The highest BCUT2D eigenvalue weighted by molar-refractivity contribution is 5.70. The van der Waals surface area contributed by atoms with E-state index < -0.39 is 6.10 Å². The van der Waals surface area contributed by atoms with Crippen LogP contribution in [0.2, 0.25) is 0 Å². The number of allylic oxidation sites excluding steroid dienone is 10. The van der Waals surface area contributed by atoms with Crippen LogP contribution in [0.1, 0.15) is 168 Å². The average Bonchev–Trinajstić information content (AvgIpc) is 3.06. The molecule has 0 spiro atoms. The van der Waals surface area contributed by atoms with Gasteiger partial charge in [-0.15, -0.1) is 0 Å². The number of rotatable bonds is 33. The van der Waals surface area contributed by atoms with Crippen molar-refractivity contribution in [2.75, 3.05) is 13.2 Å². The molecule has 264 valence electrons. The van der Waals surface area contributed by atoms with E-state index in [9.17, 15) is 14.7 Å². The molecular weight excluding hydrogens is 572 g/mol. The number of carbonyl (C=O) groups excluding carboxylic acids is 2. The summed E-state index contributed by atoms with van der Waals surface area (Å²) >= 11 is 0. The van der Waals surface area contributed by atoms with Gasteiger partial charge in [0, 0.05) is 12.8 Å². The Balaban J connectivity index is 3.66. The number of ether oxygens (including phenoxy) is 2. The minimum atomic E-state index is -0.789. The minimum absolute atomic E-state index is 0.0856. The van der Waals surface area contributed by atoms with Crippen LogP contribution in [-0.2, 0) is 19.1 Å². The highest BCUT2D eigenvalue weighted by Crippen LogP contribution is 2.11. The fourth-order valence-corrected chi connectivity index (χ4v) is 4.88. The van der Waals surface area contributed by atoms with E-state index in [1.807, 2.05) is 0 Å². The van der Waals surface area contributed by atoms with Crippen molar-refractivity contribution in [1.29, 1.82) is 0 Å². The third kappa shape index (κ3) is 34.5. The Kier molecular flexibility index (Phi) is 35.1. The predicted octanol–water partition coefficient (Wildman–Crippen LogP) is 11.6. The number of esters is 2. The van der Waals surface area contributed by atoms with E-state index >= 15 is 0 Å². The number of unbranched alkanes of at least 4 members (excludes halogenated alkanes) is 15. The smallest absolute Gasteiger partial charge is 0.306 e. The zero-order valence-electron chi connectivity index (χ0n) is 29.8. The Morgan fingerprint density at radius 3 is 1.30 bits per heavy atom. The molecule has 0 aliphatic carbocycles. The zero-order chi connectivity index (χ0) is 33.6. The van der Waals surface area contributed by atoms with E-state index in [1.54, 1.807) is 0 Å². The quantitative estimate of drug-likeness (QED) is 0.0438.